The summed E-state index contributed by atoms with van der Waals surface area (Å²) in [6.07, 6.45) is 0.982. The molecule has 3 heteroatoms. The number of furan rings is 1. The fourth-order valence-electron chi connectivity index (χ4n) is 0.980. The monoisotopic (exact) mass is 231 g/mol. The smallest absolute Gasteiger partial charge is 0.105 e. The van der Waals surface area contributed by atoms with E-state index in [1.807, 2.05) is 19.1 Å². The number of rotatable bonds is 4. The summed E-state index contributed by atoms with van der Waals surface area (Å²) in [4.78, 5) is 2.19. The molecule has 1 heterocycles. The number of aryl methyl sites for hydroxylation is 1. The van der Waals surface area contributed by atoms with Gasteiger partial charge in [0.2, 0.25) is 0 Å². The predicted octanol–water partition coefficient (Wildman–Crippen LogP) is 2.41. The Morgan fingerprint density at radius 2 is 2.25 bits per heavy atom. The molecular weight excluding hydrogens is 218 g/mol. The molecular formula is C9H14BrNO. The fraction of sp³-hybridized carbons (Fsp3) is 0.556. The fourth-order valence-corrected chi connectivity index (χ4v) is 1.23. The second-order valence-corrected chi connectivity index (χ2v) is 3.46. The summed E-state index contributed by atoms with van der Waals surface area (Å²) >= 11 is 3.39. The van der Waals surface area contributed by atoms with Crippen molar-refractivity contribution in [3.8, 4) is 0 Å². The molecule has 68 valence electrons. The predicted molar refractivity (Wildman–Crippen MR) is 53.6 cm³/mol. The first kappa shape index (κ1) is 9.81. The zero-order chi connectivity index (χ0) is 8.97. The van der Waals surface area contributed by atoms with Crippen molar-refractivity contribution >= 4 is 15.9 Å². The Kier molecular flexibility index (Phi) is 3.82. The molecule has 0 aliphatic heterocycles. The molecule has 1 rings (SSSR count). The third-order valence-corrected chi connectivity index (χ3v) is 2.60. The van der Waals surface area contributed by atoms with Gasteiger partial charge in [-0.3, -0.25) is 4.90 Å². The molecule has 0 aliphatic rings. The molecule has 0 atom stereocenters. The number of hydrogen-bond donors (Lipinski definition) is 0. The Balaban J connectivity index is 2.33. The molecule has 0 saturated carbocycles. The SMILES string of the molecule is Cc1ccc(CCN(C)CBr)o1. The first-order valence-electron chi connectivity index (χ1n) is 4.02. The second kappa shape index (κ2) is 4.67. The van der Waals surface area contributed by atoms with Crippen LogP contribution < -0.4 is 0 Å². The van der Waals surface area contributed by atoms with Gasteiger partial charge in [-0.1, -0.05) is 15.9 Å². The van der Waals surface area contributed by atoms with E-state index in [1.165, 1.54) is 0 Å². The van der Waals surface area contributed by atoms with Gasteiger partial charge in [-0.25, -0.2) is 0 Å². The van der Waals surface area contributed by atoms with Crippen molar-refractivity contribution in [2.75, 3.05) is 19.0 Å². The van der Waals surface area contributed by atoms with E-state index in [-0.39, 0.29) is 0 Å². The van der Waals surface area contributed by atoms with Gasteiger partial charge in [0, 0.05) is 13.0 Å². The van der Waals surface area contributed by atoms with Crippen LogP contribution in [0, 0.1) is 6.92 Å². The van der Waals surface area contributed by atoms with Gasteiger partial charge in [0.05, 0.1) is 5.45 Å². The zero-order valence-corrected chi connectivity index (χ0v) is 9.10. The van der Waals surface area contributed by atoms with Crippen molar-refractivity contribution in [3.05, 3.63) is 23.7 Å². The van der Waals surface area contributed by atoms with Crippen molar-refractivity contribution < 1.29 is 4.42 Å². The Hall–Kier alpha value is -0.280. The van der Waals surface area contributed by atoms with Crippen LogP contribution in [0.5, 0.6) is 0 Å². The highest BCUT2D eigenvalue weighted by Crippen LogP contribution is 2.07. The highest BCUT2D eigenvalue weighted by molar-refractivity contribution is 9.09. The highest BCUT2D eigenvalue weighted by Gasteiger charge is 2.00. The molecule has 0 saturated heterocycles. The van der Waals surface area contributed by atoms with Crippen LogP contribution in [0.3, 0.4) is 0 Å². The Labute approximate surface area is 81.7 Å². The van der Waals surface area contributed by atoms with E-state index in [0.717, 1.165) is 29.9 Å². The van der Waals surface area contributed by atoms with Gasteiger partial charge in [-0.2, -0.15) is 0 Å². The van der Waals surface area contributed by atoms with E-state index in [4.69, 9.17) is 4.42 Å². The lowest BCUT2D eigenvalue weighted by Gasteiger charge is -2.10. The maximum Gasteiger partial charge on any atom is 0.105 e. The largest absolute Gasteiger partial charge is 0.466 e. The van der Waals surface area contributed by atoms with E-state index < -0.39 is 0 Å². The van der Waals surface area contributed by atoms with Crippen LogP contribution >= 0.6 is 15.9 Å². The van der Waals surface area contributed by atoms with Crippen molar-refractivity contribution in [1.29, 1.82) is 0 Å². The van der Waals surface area contributed by atoms with Gasteiger partial charge in [-0.15, -0.1) is 0 Å². The van der Waals surface area contributed by atoms with Crippen molar-refractivity contribution in [2.45, 2.75) is 13.3 Å². The van der Waals surface area contributed by atoms with Crippen LogP contribution in [-0.4, -0.2) is 23.9 Å². The number of halogens is 1. The summed E-state index contributed by atoms with van der Waals surface area (Å²) in [6.45, 7) is 3.00. The van der Waals surface area contributed by atoms with Crippen LogP contribution in [0.1, 0.15) is 11.5 Å². The molecule has 1 aromatic rings. The van der Waals surface area contributed by atoms with Crippen LogP contribution in [0.15, 0.2) is 16.5 Å². The maximum absolute atomic E-state index is 5.44. The Bertz CT molecular complexity index is 234. The summed E-state index contributed by atoms with van der Waals surface area (Å²) in [5.74, 6) is 2.06. The quantitative estimate of drug-likeness (QED) is 0.585. The molecule has 0 amide bonds. The third kappa shape index (κ3) is 2.99. The number of nitrogens with zero attached hydrogens (tertiary/aromatic N) is 1. The first-order chi connectivity index (χ1) is 5.72. The second-order valence-electron chi connectivity index (χ2n) is 2.96. The summed E-state index contributed by atoms with van der Waals surface area (Å²) in [6, 6.07) is 4.04. The van der Waals surface area contributed by atoms with E-state index in [0.29, 0.717) is 0 Å². The molecule has 0 unspecified atom stereocenters. The van der Waals surface area contributed by atoms with Gasteiger partial charge in [0.25, 0.3) is 0 Å². The number of alkyl halides is 1. The lowest BCUT2D eigenvalue weighted by molar-refractivity contribution is 0.377. The molecule has 0 aromatic carbocycles. The summed E-state index contributed by atoms with van der Waals surface area (Å²) in [5, 5.41) is 0. The van der Waals surface area contributed by atoms with Crippen LogP contribution in [0.25, 0.3) is 0 Å². The maximum atomic E-state index is 5.44. The van der Waals surface area contributed by atoms with Crippen LogP contribution in [0.4, 0.5) is 0 Å². The van der Waals surface area contributed by atoms with Gasteiger partial charge < -0.3 is 4.42 Å². The number of likely N-dealkylation sites (N-methyl/N-ethyl adjacent to an activating group) is 1. The lowest BCUT2D eigenvalue weighted by atomic mass is 10.3. The normalized spacial score (nSPS) is 11.0. The van der Waals surface area contributed by atoms with E-state index in [2.05, 4.69) is 27.9 Å². The lowest BCUT2D eigenvalue weighted by Crippen LogP contribution is -2.18. The van der Waals surface area contributed by atoms with E-state index in [1.54, 1.807) is 0 Å². The molecule has 2 nitrogen and oxygen atoms in total. The molecule has 12 heavy (non-hydrogen) atoms. The molecule has 0 N–H and O–H groups in total. The minimum Gasteiger partial charge on any atom is -0.466 e. The standard InChI is InChI=1S/C9H14BrNO/c1-8-3-4-9(12-8)5-6-11(2)7-10/h3-4H,5-7H2,1-2H3. The molecule has 0 bridgehead atoms. The minimum absolute atomic E-state index is 0.909. The Morgan fingerprint density at radius 3 is 2.75 bits per heavy atom. The molecule has 0 spiro atoms. The molecule has 0 aliphatic carbocycles. The first-order valence-corrected chi connectivity index (χ1v) is 5.14. The average Bonchev–Trinajstić information content (AvgIpc) is 2.47. The summed E-state index contributed by atoms with van der Waals surface area (Å²) < 4.78 is 5.44. The van der Waals surface area contributed by atoms with Crippen molar-refractivity contribution in [1.82, 2.24) is 4.90 Å². The van der Waals surface area contributed by atoms with Gasteiger partial charge in [0.15, 0.2) is 0 Å². The number of hydrogen-bond acceptors (Lipinski definition) is 2. The van der Waals surface area contributed by atoms with E-state index in [9.17, 15) is 0 Å². The van der Waals surface area contributed by atoms with Gasteiger partial charge >= 0.3 is 0 Å². The van der Waals surface area contributed by atoms with Gasteiger partial charge in [0.1, 0.15) is 11.5 Å². The van der Waals surface area contributed by atoms with E-state index >= 15 is 0 Å². The van der Waals surface area contributed by atoms with Crippen molar-refractivity contribution in [3.63, 3.8) is 0 Å². The van der Waals surface area contributed by atoms with Gasteiger partial charge in [-0.05, 0) is 26.1 Å². The van der Waals surface area contributed by atoms with Crippen LogP contribution in [-0.2, 0) is 6.42 Å². The van der Waals surface area contributed by atoms with Crippen LogP contribution in [0.2, 0.25) is 0 Å². The van der Waals surface area contributed by atoms with Crippen molar-refractivity contribution in [2.24, 2.45) is 0 Å². The zero-order valence-electron chi connectivity index (χ0n) is 7.51. The highest BCUT2D eigenvalue weighted by atomic mass is 79.9. The molecule has 0 radical (unpaired) electrons. The topological polar surface area (TPSA) is 16.4 Å². The molecule has 1 aromatic heterocycles. The third-order valence-electron chi connectivity index (χ3n) is 1.74. The Morgan fingerprint density at radius 1 is 1.50 bits per heavy atom. The minimum atomic E-state index is 0.909. The summed E-state index contributed by atoms with van der Waals surface area (Å²) in [5.41, 5.74) is 0.909. The average molecular weight is 232 g/mol. The summed E-state index contributed by atoms with van der Waals surface area (Å²) in [7, 11) is 2.07. The molecule has 0 fully saturated rings.